The van der Waals surface area contributed by atoms with Crippen LogP contribution in [0.25, 0.3) is 6.08 Å². The van der Waals surface area contributed by atoms with E-state index in [1.807, 2.05) is 12.1 Å². The number of ether oxygens (including phenoxy) is 3. The van der Waals surface area contributed by atoms with Gasteiger partial charge in [0.25, 0.3) is 0 Å². The lowest BCUT2D eigenvalue weighted by Gasteiger charge is -2.27. The van der Waals surface area contributed by atoms with Gasteiger partial charge in [0.2, 0.25) is 0 Å². The summed E-state index contributed by atoms with van der Waals surface area (Å²) in [6.07, 6.45) is 1.24. The smallest absolute Gasteiger partial charge is 0.419 e. The largest absolute Gasteiger partial charge is 0.490 e. The molecule has 0 radical (unpaired) electrons. The van der Waals surface area contributed by atoms with Crippen molar-refractivity contribution in [2.24, 2.45) is 0 Å². The zero-order valence-corrected chi connectivity index (χ0v) is 19.5. The molecule has 36 heavy (non-hydrogen) atoms. The maximum absolute atomic E-state index is 13.5. The Balaban J connectivity index is 1.21. The molecule has 1 N–H and O–H groups in total. The van der Waals surface area contributed by atoms with E-state index in [2.05, 4.69) is 4.90 Å². The number of hydrogen-bond acceptors (Lipinski definition) is 5. The van der Waals surface area contributed by atoms with Crippen molar-refractivity contribution in [1.29, 1.82) is 0 Å². The van der Waals surface area contributed by atoms with Crippen molar-refractivity contribution in [1.82, 2.24) is 4.90 Å². The van der Waals surface area contributed by atoms with Gasteiger partial charge in [-0.2, -0.15) is 13.2 Å². The van der Waals surface area contributed by atoms with Crippen LogP contribution in [-0.4, -0.2) is 48.3 Å². The van der Waals surface area contributed by atoms with Gasteiger partial charge in [0, 0.05) is 36.8 Å². The first kappa shape index (κ1) is 24.2. The molecule has 2 aliphatic heterocycles. The SMILES string of the molecule is O=C(O)C1=CCN(CC2=Cc3ccc(OCc4ccc(OC5CC5)c(C(F)(F)F)c4)cc3OC2)CC1. The fourth-order valence-corrected chi connectivity index (χ4v) is 4.23. The number of carboxylic acid groups (broad SMARTS) is 1. The maximum atomic E-state index is 13.5. The highest BCUT2D eigenvalue weighted by atomic mass is 19.4. The molecule has 190 valence electrons. The Morgan fingerprint density at radius 1 is 1.17 bits per heavy atom. The van der Waals surface area contributed by atoms with Gasteiger partial charge in [0.05, 0.1) is 11.7 Å². The third kappa shape index (κ3) is 5.84. The third-order valence-electron chi connectivity index (χ3n) is 6.33. The lowest BCUT2D eigenvalue weighted by molar-refractivity contribution is -0.139. The Morgan fingerprint density at radius 3 is 2.69 bits per heavy atom. The summed E-state index contributed by atoms with van der Waals surface area (Å²) in [5, 5.41) is 9.09. The van der Waals surface area contributed by atoms with E-state index in [0.717, 1.165) is 30.0 Å². The summed E-state index contributed by atoms with van der Waals surface area (Å²) in [5.41, 5.74) is 2.04. The Kier molecular flexibility index (Phi) is 6.66. The van der Waals surface area contributed by atoms with Gasteiger partial charge in [-0.15, -0.1) is 0 Å². The van der Waals surface area contributed by atoms with Gasteiger partial charge in [-0.25, -0.2) is 4.79 Å². The Labute approximate surface area is 206 Å². The summed E-state index contributed by atoms with van der Waals surface area (Å²) in [5.74, 6) is 0.149. The van der Waals surface area contributed by atoms with Gasteiger partial charge < -0.3 is 19.3 Å². The fourth-order valence-electron chi connectivity index (χ4n) is 4.23. The van der Waals surface area contributed by atoms with E-state index in [4.69, 9.17) is 19.3 Å². The highest BCUT2D eigenvalue weighted by molar-refractivity contribution is 5.86. The van der Waals surface area contributed by atoms with Crippen LogP contribution in [0.2, 0.25) is 0 Å². The minimum absolute atomic E-state index is 0.0204. The van der Waals surface area contributed by atoms with E-state index < -0.39 is 17.7 Å². The average molecular weight is 502 g/mol. The number of rotatable bonds is 8. The summed E-state index contributed by atoms with van der Waals surface area (Å²) in [7, 11) is 0. The second-order valence-corrected chi connectivity index (χ2v) is 9.24. The van der Waals surface area contributed by atoms with Gasteiger partial charge in [-0.3, -0.25) is 4.90 Å². The highest BCUT2D eigenvalue weighted by Crippen LogP contribution is 2.39. The molecular weight excluding hydrogens is 475 g/mol. The van der Waals surface area contributed by atoms with Crippen molar-refractivity contribution in [3.8, 4) is 17.2 Å². The molecule has 0 atom stereocenters. The normalized spacial score (nSPS) is 18.0. The summed E-state index contributed by atoms with van der Waals surface area (Å²) in [6.45, 7) is 2.33. The molecular formula is C27H26F3NO5. The van der Waals surface area contributed by atoms with Gasteiger partial charge in [0.1, 0.15) is 30.5 Å². The van der Waals surface area contributed by atoms with Crippen molar-refractivity contribution >= 4 is 12.0 Å². The Morgan fingerprint density at radius 2 is 2.00 bits per heavy atom. The van der Waals surface area contributed by atoms with Crippen LogP contribution in [-0.2, 0) is 17.6 Å². The molecule has 2 aromatic carbocycles. The molecule has 1 aliphatic carbocycles. The second kappa shape index (κ2) is 9.89. The summed E-state index contributed by atoms with van der Waals surface area (Å²) >= 11 is 0. The number of carboxylic acids is 1. The van der Waals surface area contributed by atoms with Crippen molar-refractivity contribution < 1.29 is 37.3 Å². The van der Waals surface area contributed by atoms with Gasteiger partial charge >= 0.3 is 12.1 Å². The monoisotopic (exact) mass is 501 g/mol. The van der Waals surface area contributed by atoms with E-state index in [1.165, 1.54) is 6.07 Å². The van der Waals surface area contributed by atoms with E-state index >= 15 is 0 Å². The summed E-state index contributed by atoms with van der Waals surface area (Å²) in [4.78, 5) is 13.2. The number of alkyl halides is 3. The van der Waals surface area contributed by atoms with Crippen LogP contribution in [0.3, 0.4) is 0 Å². The van der Waals surface area contributed by atoms with E-state index in [9.17, 15) is 18.0 Å². The second-order valence-electron chi connectivity index (χ2n) is 9.24. The molecule has 5 rings (SSSR count). The van der Waals surface area contributed by atoms with Gasteiger partial charge in [0.15, 0.2) is 0 Å². The Hall–Kier alpha value is -3.46. The van der Waals surface area contributed by atoms with Crippen LogP contribution < -0.4 is 14.2 Å². The number of halogens is 3. The van der Waals surface area contributed by atoms with Crippen LogP contribution >= 0.6 is 0 Å². The van der Waals surface area contributed by atoms with Crippen molar-refractivity contribution in [2.75, 3.05) is 26.2 Å². The van der Waals surface area contributed by atoms with E-state index in [-0.39, 0.29) is 18.5 Å². The number of benzene rings is 2. The molecule has 0 saturated heterocycles. The number of carbonyl (C=O) groups is 1. The Bertz CT molecular complexity index is 1220. The van der Waals surface area contributed by atoms with Gasteiger partial charge in [-0.1, -0.05) is 12.1 Å². The molecule has 0 unspecified atom stereocenters. The first-order valence-corrected chi connectivity index (χ1v) is 11.8. The van der Waals surface area contributed by atoms with E-state index in [0.29, 0.717) is 55.3 Å². The van der Waals surface area contributed by atoms with Crippen molar-refractivity contribution in [3.63, 3.8) is 0 Å². The topological polar surface area (TPSA) is 68.2 Å². The molecule has 1 saturated carbocycles. The first-order chi connectivity index (χ1) is 17.2. The fraction of sp³-hybridized carbons (Fsp3) is 0.370. The van der Waals surface area contributed by atoms with Crippen molar-refractivity contribution in [3.05, 3.63) is 70.3 Å². The minimum atomic E-state index is -4.51. The molecule has 0 spiro atoms. The lowest BCUT2D eigenvalue weighted by Crippen LogP contribution is -2.33. The molecule has 2 heterocycles. The molecule has 1 fully saturated rings. The predicted octanol–water partition coefficient (Wildman–Crippen LogP) is 5.32. The van der Waals surface area contributed by atoms with Crippen LogP contribution in [0.5, 0.6) is 17.2 Å². The molecule has 2 aromatic rings. The standard InChI is InChI=1S/C27H26F3NO5/c28-27(29,30)23-12-17(1-6-24(23)36-21-4-5-21)15-34-22-3-2-20-11-18(16-35-25(20)13-22)14-31-9-7-19(8-10-31)26(32)33/h1-3,6-7,11-13,21H,4-5,8-10,14-16H2,(H,32,33). The molecule has 6 nitrogen and oxygen atoms in total. The third-order valence-corrected chi connectivity index (χ3v) is 6.33. The quantitative estimate of drug-likeness (QED) is 0.528. The first-order valence-electron chi connectivity index (χ1n) is 11.8. The molecule has 9 heteroatoms. The number of hydrogen-bond donors (Lipinski definition) is 1. The average Bonchev–Trinajstić information content (AvgIpc) is 3.67. The molecule has 0 bridgehead atoms. The number of nitrogens with zero attached hydrogens (tertiary/aromatic N) is 1. The van der Waals surface area contributed by atoms with Crippen LogP contribution in [0, 0.1) is 0 Å². The lowest BCUT2D eigenvalue weighted by atomic mass is 10.0. The zero-order valence-electron chi connectivity index (χ0n) is 19.5. The summed E-state index contributed by atoms with van der Waals surface area (Å²) < 4.78 is 57.6. The molecule has 0 amide bonds. The predicted molar refractivity (Wildman–Crippen MR) is 126 cm³/mol. The number of aliphatic carboxylic acids is 1. The van der Waals surface area contributed by atoms with Gasteiger partial charge in [-0.05, 0) is 60.7 Å². The van der Waals surface area contributed by atoms with Crippen molar-refractivity contribution in [2.45, 2.75) is 38.1 Å². The van der Waals surface area contributed by atoms with Crippen LogP contribution in [0.1, 0.15) is 36.0 Å². The minimum Gasteiger partial charge on any atom is -0.490 e. The summed E-state index contributed by atoms with van der Waals surface area (Å²) in [6, 6.07) is 9.39. The van der Waals surface area contributed by atoms with Crippen LogP contribution in [0.4, 0.5) is 13.2 Å². The highest BCUT2D eigenvalue weighted by Gasteiger charge is 2.36. The van der Waals surface area contributed by atoms with E-state index in [1.54, 1.807) is 24.3 Å². The molecule has 3 aliphatic rings. The zero-order chi connectivity index (χ0) is 25.3. The van der Waals surface area contributed by atoms with Crippen LogP contribution in [0.15, 0.2) is 53.6 Å². The maximum Gasteiger partial charge on any atom is 0.419 e. The number of fused-ring (bicyclic) bond motifs is 1. The molecule has 0 aromatic heterocycles.